The molecule has 3 atom stereocenters. The summed E-state index contributed by atoms with van der Waals surface area (Å²) in [5.74, 6) is 0.342. The molecule has 0 radical (unpaired) electrons. The normalized spacial score (nSPS) is 19.9. The standard InChI is InChI=1S/C33H37N3O6/c1-39-16-7-14-35-15-17-40-30-13-12-25(18-28(30)35)23-41-31-21-36(33(38)42-22-24-8-3-2-4-9-24)20-29(37)32(31)27-11-6-5-10-26(27)19-34/h2-6,8-13,18,29,31-32,37H,7,14-17,20-23H2,1H3/t29-,31+,32+/m1/s1. The third-order valence-corrected chi connectivity index (χ3v) is 7.75. The Kier molecular flexibility index (Phi) is 9.93. The summed E-state index contributed by atoms with van der Waals surface area (Å²) in [5.41, 5.74) is 4.02. The number of likely N-dealkylation sites (tertiary alicyclic amines) is 1. The monoisotopic (exact) mass is 571 g/mol. The van der Waals surface area contributed by atoms with Gasteiger partial charge in [-0.2, -0.15) is 5.26 Å². The maximum absolute atomic E-state index is 13.1. The van der Waals surface area contributed by atoms with Gasteiger partial charge in [0.1, 0.15) is 19.0 Å². The lowest BCUT2D eigenvalue weighted by Crippen LogP contribution is -2.54. The number of nitrogens with zero attached hydrogens (tertiary/aromatic N) is 3. The fourth-order valence-corrected chi connectivity index (χ4v) is 5.65. The van der Waals surface area contributed by atoms with Crippen LogP contribution in [-0.4, -0.2) is 74.8 Å². The fourth-order valence-electron chi connectivity index (χ4n) is 5.65. The van der Waals surface area contributed by atoms with Crippen LogP contribution in [0.15, 0.2) is 72.8 Å². The van der Waals surface area contributed by atoms with E-state index in [4.69, 9.17) is 18.9 Å². The quantitative estimate of drug-likeness (QED) is 0.356. The fraction of sp³-hybridized carbons (Fsp3) is 0.394. The smallest absolute Gasteiger partial charge is 0.410 e. The average Bonchev–Trinajstić information content (AvgIpc) is 3.03. The van der Waals surface area contributed by atoms with Gasteiger partial charge in [-0.1, -0.05) is 54.6 Å². The van der Waals surface area contributed by atoms with Gasteiger partial charge in [0.15, 0.2) is 0 Å². The first-order valence-corrected chi connectivity index (χ1v) is 14.3. The highest BCUT2D eigenvalue weighted by Crippen LogP contribution is 2.36. The summed E-state index contributed by atoms with van der Waals surface area (Å²) in [6.07, 6.45) is -1.13. The second-order valence-electron chi connectivity index (χ2n) is 10.6. The molecule has 5 rings (SSSR count). The van der Waals surface area contributed by atoms with Crippen molar-refractivity contribution in [1.82, 2.24) is 4.90 Å². The van der Waals surface area contributed by atoms with Crippen molar-refractivity contribution < 1.29 is 28.8 Å². The number of ether oxygens (including phenoxy) is 4. The number of hydrogen-bond acceptors (Lipinski definition) is 8. The molecular weight excluding hydrogens is 534 g/mol. The van der Waals surface area contributed by atoms with Crippen LogP contribution < -0.4 is 9.64 Å². The molecule has 0 aromatic heterocycles. The number of carbonyl (C=O) groups is 1. The Balaban J connectivity index is 1.33. The van der Waals surface area contributed by atoms with E-state index < -0.39 is 24.2 Å². The van der Waals surface area contributed by atoms with Crippen molar-refractivity contribution in [1.29, 1.82) is 5.26 Å². The molecule has 1 fully saturated rings. The van der Waals surface area contributed by atoms with E-state index in [-0.39, 0.29) is 26.3 Å². The van der Waals surface area contributed by atoms with Crippen molar-refractivity contribution in [2.75, 3.05) is 51.4 Å². The molecule has 220 valence electrons. The minimum atomic E-state index is -0.948. The maximum atomic E-state index is 13.1. The molecule has 0 unspecified atom stereocenters. The highest BCUT2D eigenvalue weighted by atomic mass is 16.6. The van der Waals surface area contributed by atoms with Crippen LogP contribution in [0.25, 0.3) is 0 Å². The average molecular weight is 572 g/mol. The number of amides is 1. The lowest BCUT2D eigenvalue weighted by atomic mass is 9.82. The summed E-state index contributed by atoms with van der Waals surface area (Å²) in [6.45, 7) is 3.66. The molecule has 0 bridgehead atoms. The van der Waals surface area contributed by atoms with Crippen LogP contribution >= 0.6 is 0 Å². The van der Waals surface area contributed by atoms with E-state index in [1.165, 1.54) is 4.90 Å². The van der Waals surface area contributed by atoms with E-state index in [1.54, 1.807) is 19.2 Å². The number of nitriles is 1. The highest BCUT2D eigenvalue weighted by molar-refractivity contribution is 5.68. The van der Waals surface area contributed by atoms with Crippen molar-refractivity contribution in [3.63, 3.8) is 0 Å². The Hall–Kier alpha value is -4.10. The summed E-state index contributed by atoms with van der Waals surface area (Å²) in [7, 11) is 1.71. The molecule has 2 aliphatic heterocycles. The summed E-state index contributed by atoms with van der Waals surface area (Å²) in [6, 6.07) is 24.9. The minimum absolute atomic E-state index is 0.0739. The Labute approximate surface area is 246 Å². The van der Waals surface area contributed by atoms with Crippen LogP contribution in [0.2, 0.25) is 0 Å². The Bertz CT molecular complexity index is 1380. The van der Waals surface area contributed by atoms with Gasteiger partial charge in [-0.05, 0) is 41.3 Å². The molecule has 42 heavy (non-hydrogen) atoms. The van der Waals surface area contributed by atoms with E-state index in [9.17, 15) is 15.2 Å². The molecule has 2 aliphatic rings. The van der Waals surface area contributed by atoms with Gasteiger partial charge < -0.3 is 33.9 Å². The Morgan fingerprint density at radius 3 is 2.67 bits per heavy atom. The molecule has 0 saturated carbocycles. The predicted octanol–water partition coefficient (Wildman–Crippen LogP) is 4.48. The zero-order chi connectivity index (χ0) is 29.3. The zero-order valence-electron chi connectivity index (χ0n) is 23.9. The summed E-state index contributed by atoms with van der Waals surface area (Å²) in [4.78, 5) is 16.8. The van der Waals surface area contributed by atoms with Crippen molar-refractivity contribution >= 4 is 11.8 Å². The first-order chi connectivity index (χ1) is 20.6. The third-order valence-electron chi connectivity index (χ3n) is 7.75. The second kappa shape index (κ2) is 14.2. The van der Waals surface area contributed by atoms with E-state index >= 15 is 0 Å². The number of hydrogen-bond donors (Lipinski definition) is 1. The molecular formula is C33H37N3O6. The number of piperidine rings is 1. The molecule has 3 aromatic carbocycles. The number of rotatable bonds is 10. The SMILES string of the molecule is COCCCN1CCOc2ccc(CO[C@H]3CN(C(=O)OCc4ccccc4)C[C@@H](O)[C@@H]3c3ccccc3C#N)cc21. The van der Waals surface area contributed by atoms with Gasteiger partial charge in [-0.25, -0.2) is 4.79 Å². The minimum Gasteiger partial charge on any atom is -0.490 e. The number of fused-ring (bicyclic) bond motifs is 1. The maximum Gasteiger partial charge on any atom is 0.410 e. The van der Waals surface area contributed by atoms with Crippen LogP contribution in [-0.2, 0) is 27.4 Å². The van der Waals surface area contributed by atoms with Gasteiger partial charge in [-0.15, -0.1) is 0 Å². The van der Waals surface area contributed by atoms with Crippen molar-refractivity contribution in [3.8, 4) is 11.8 Å². The van der Waals surface area contributed by atoms with E-state index in [0.717, 1.165) is 42.1 Å². The van der Waals surface area contributed by atoms with E-state index in [1.807, 2.05) is 54.6 Å². The first-order valence-electron chi connectivity index (χ1n) is 14.3. The first kappa shape index (κ1) is 29.4. The van der Waals surface area contributed by atoms with E-state index in [0.29, 0.717) is 24.3 Å². The van der Waals surface area contributed by atoms with Gasteiger partial charge in [-0.3, -0.25) is 0 Å². The lowest BCUT2D eigenvalue weighted by Gasteiger charge is -2.41. The number of β-amino-alcohol motifs (C(OH)–C–C–N with tert-alkyl or cyclic N) is 1. The number of carbonyl (C=O) groups excluding carboxylic acids is 1. The van der Waals surface area contributed by atoms with Crippen LogP contribution in [0.3, 0.4) is 0 Å². The van der Waals surface area contributed by atoms with Gasteiger partial charge in [0.25, 0.3) is 0 Å². The zero-order valence-corrected chi connectivity index (χ0v) is 23.9. The molecule has 1 saturated heterocycles. The molecule has 0 spiro atoms. The number of methoxy groups -OCH3 is 1. The van der Waals surface area contributed by atoms with Crippen LogP contribution in [0.5, 0.6) is 5.75 Å². The third kappa shape index (κ3) is 7.02. The van der Waals surface area contributed by atoms with Gasteiger partial charge in [0, 0.05) is 26.2 Å². The van der Waals surface area contributed by atoms with Crippen LogP contribution in [0.1, 0.15) is 34.6 Å². The second-order valence-corrected chi connectivity index (χ2v) is 10.6. The Morgan fingerprint density at radius 1 is 1.05 bits per heavy atom. The van der Waals surface area contributed by atoms with Crippen LogP contribution in [0, 0.1) is 11.3 Å². The van der Waals surface area contributed by atoms with Crippen LogP contribution in [0.4, 0.5) is 10.5 Å². The lowest BCUT2D eigenvalue weighted by molar-refractivity contribution is -0.0692. The summed E-state index contributed by atoms with van der Waals surface area (Å²) < 4.78 is 23.2. The number of aliphatic hydroxyl groups excluding tert-OH is 1. The van der Waals surface area contributed by atoms with Crippen molar-refractivity contribution in [2.45, 2.75) is 37.8 Å². The van der Waals surface area contributed by atoms with Gasteiger partial charge in [0.2, 0.25) is 0 Å². The van der Waals surface area contributed by atoms with Crippen molar-refractivity contribution in [3.05, 3.63) is 95.1 Å². The predicted molar refractivity (Wildman–Crippen MR) is 157 cm³/mol. The molecule has 1 amide bonds. The molecule has 1 N–H and O–H groups in total. The highest BCUT2D eigenvalue weighted by Gasteiger charge is 2.41. The topological polar surface area (TPSA) is 104 Å². The van der Waals surface area contributed by atoms with Crippen molar-refractivity contribution in [2.24, 2.45) is 0 Å². The van der Waals surface area contributed by atoms with Gasteiger partial charge in [0.05, 0.1) is 55.8 Å². The van der Waals surface area contributed by atoms with Gasteiger partial charge >= 0.3 is 6.09 Å². The molecule has 3 aromatic rings. The molecule has 0 aliphatic carbocycles. The number of benzene rings is 3. The van der Waals surface area contributed by atoms with E-state index in [2.05, 4.69) is 17.0 Å². The molecule has 9 heteroatoms. The molecule has 9 nitrogen and oxygen atoms in total. The Morgan fingerprint density at radius 2 is 1.86 bits per heavy atom. The molecule has 2 heterocycles. The summed E-state index contributed by atoms with van der Waals surface area (Å²) in [5, 5.41) is 21.1. The summed E-state index contributed by atoms with van der Waals surface area (Å²) >= 11 is 0. The number of anilines is 1. The largest absolute Gasteiger partial charge is 0.490 e. The number of aliphatic hydroxyl groups is 1.